The lowest BCUT2D eigenvalue weighted by Gasteiger charge is -2.37. The number of fused-ring (bicyclic) bond motifs is 3. The molecule has 2 aromatic carbocycles. The van der Waals surface area contributed by atoms with E-state index in [9.17, 15) is 5.11 Å². The zero-order valence-corrected chi connectivity index (χ0v) is 17.1. The number of hydrogen-bond acceptors (Lipinski definition) is 3. The molecule has 0 radical (unpaired) electrons. The van der Waals surface area contributed by atoms with Crippen LogP contribution in [0.2, 0.25) is 0 Å². The summed E-state index contributed by atoms with van der Waals surface area (Å²) < 4.78 is 2.41. The average molecular weight is 390 g/mol. The number of aliphatic hydroxyl groups is 1. The van der Waals surface area contributed by atoms with Crippen LogP contribution in [0, 0.1) is 0 Å². The van der Waals surface area contributed by atoms with E-state index in [1.54, 1.807) is 0 Å². The molecule has 4 nitrogen and oxygen atoms in total. The quantitative estimate of drug-likeness (QED) is 0.722. The van der Waals surface area contributed by atoms with Crippen LogP contribution in [0.4, 0.5) is 5.69 Å². The maximum Gasteiger partial charge on any atom is 0.0845 e. The van der Waals surface area contributed by atoms with E-state index in [0.717, 1.165) is 39.1 Å². The molecule has 2 aliphatic rings. The number of aliphatic hydroxyl groups excluding tert-OH is 1. The summed E-state index contributed by atoms with van der Waals surface area (Å²) in [5, 5.41) is 12.3. The molecule has 5 rings (SSSR count). The molecule has 1 aliphatic heterocycles. The summed E-state index contributed by atoms with van der Waals surface area (Å²) in [4.78, 5) is 4.86. The molecule has 1 unspecified atom stereocenters. The van der Waals surface area contributed by atoms with Crippen molar-refractivity contribution in [3.63, 3.8) is 0 Å². The topological polar surface area (TPSA) is 31.6 Å². The van der Waals surface area contributed by atoms with Crippen LogP contribution in [0.25, 0.3) is 10.9 Å². The normalized spacial score (nSPS) is 18.7. The smallest absolute Gasteiger partial charge is 0.0845 e. The van der Waals surface area contributed by atoms with E-state index in [-0.39, 0.29) is 6.10 Å². The summed E-state index contributed by atoms with van der Waals surface area (Å²) in [6, 6.07) is 19.4. The zero-order chi connectivity index (χ0) is 19.6. The SMILES string of the molecule is OC(CN1CCN(c2ccccc2)CC1)Cn1c2c(c3ccccc31)CCCC2. The number of β-amino-alcohol motifs (C(OH)–C–C–N with tert-alkyl or cyclic N) is 1. The van der Waals surface area contributed by atoms with Crippen molar-refractivity contribution in [2.45, 2.75) is 38.3 Å². The molecule has 0 saturated carbocycles. The van der Waals surface area contributed by atoms with E-state index in [2.05, 4.69) is 69.0 Å². The molecule has 152 valence electrons. The van der Waals surface area contributed by atoms with Crippen molar-refractivity contribution in [1.82, 2.24) is 9.47 Å². The van der Waals surface area contributed by atoms with Crippen molar-refractivity contribution in [2.75, 3.05) is 37.6 Å². The van der Waals surface area contributed by atoms with Gasteiger partial charge in [0.1, 0.15) is 0 Å². The van der Waals surface area contributed by atoms with E-state index in [0.29, 0.717) is 6.54 Å². The second-order valence-electron chi connectivity index (χ2n) is 8.54. The molecular weight excluding hydrogens is 358 g/mol. The van der Waals surface area contributed by atoms with Gasteiger partial charge in [-0.2, -0.15) is 0 Å². The van der Waals surface area contributed by atoms with Crippen molar-refractivity contribution in [3.8, 4) is 0 Å². The largest absolute Gasteiger partial charge is 0.390 e. The summed E-state index contributed by atoms with van der Waals surface area (Å²) >= 11 is 0. The molecule has 29 heavy (non-hydrogen) atoms. The number of hydrogen-bond donors (Lipinski definition) is 1. The number of para-hydroxylation sites is 2. The third-order valence-corrected chi connectivity index (χ3v) is 6.64. The summed E-state index contributed by atoms with van der Waals surface area (Å²) in [6.07, 6.45) is 4.54. The van der Waals surface area contributed by atoms with Crippen LogP contribution >= 0.6 is 0 Å². The highest BCUT2D eigenvalue weighted by molar-refractivity contribution is 5.85. The van der Waals surface area contributed by atoms with E-state index in [1.807, 2.05) is 0 Å². The van der Waals surface area contributed by atoms with E-state index in [4.69, 9.17) is 0 Å². The molecule has 1 aliphatic carbocycles. The fourth-order valence-electron chi connectivity index (χ4n) is 5.19. The van der Waals surface area contributed by atoms with Gasteiger partial charge < -0.3 is 14.6 Å². The highest BCUT2D eigenvalue weighted by Crippen LogP contribution is 2.32. The Bertz CT molecular complexity index is 957. The molecule has 0 bridgehead atoms. The lowest BCUT2D eigenvalue weighted by atomic mass is 9.95. The number of benzene rings is 2. The van der Waals surface area contributed by atoms with Gasteiger partial charge in [-0.25, -0.2) is 0 Å². The van der Waals surface area contributed by atoms with Gasteiger partial charge in [0.25, 0.3) is 0 Å². The summed E-state index contributed by atoms with van der Waals surface area (Å²) in [7, 11) is 0. The maximum atomic E-state index is 10.9. The van der Waals surface area contributed by atoms with Gasteiger partial charge in [0.2, 0.25) is 0 Å². The third-order valence-electron chi connectivity index (χ3n) is 6.64. The highest BCUT2D eigenvalue weighted by atomic mass is 16.3. The summed E-state index contributed by atoms with van der Waals surface area (Å²) in [5.41, 5.74) is 5.59. The van der Waals surface area contributed by atoms with Crippen LogP contribution in [-0.4, -0.2) is 53.4 Å². The zero-order valence-electron chi connectivity index (χ0n) is 17.1. The van der Waals surface area contributed by atoms with Gasteiger partial charge in [0.15, 0.2) is 0 Å². The average Bonchev–Trinajstić information content (AvgIpc) is 3.09. The van der Waals surface area contributed by atoms with E-state index < -0.39 is 0 Å². The van der Waals surface area contributed by atoms with Crippen LogP contribution in [0.5, 0.6) is 0 Å². The van der Waals surface area contributed by atoms with Crippen LogP contribution in [-0.2, 0) is 19.4 Å². The molecule has 3 aromatic rings. The first-order valence-electron chi connectivity index (χ1n) is 11.1. The molecule has 1 fully saturated rings. The number of piperazine rings is 1. The molecule has 4 heteroatoms. The van der Waals surface area contributed by atoms with Gasteiger partial charge in [-0.3, -0.25) is 4.90 Å². The maximum absolute atomic E-state index is 10.9. The first-order valence-corrected chi connectivity index (χ1v) is 11.1. The molecule has 1 saturated heterocycles. The predicted molar refractivity (Wildman–Crippen MR) is 120 cm³/mol. The molecule has 0 amide bonds. The minimum absolute atomic E-state index is 0.333. The number of aromatic nitrogens is 1. The second-order valence-corrected chi connectivity index (χ2v) is 8.54. The molecule has 0 spiro atoms. The number of nitrogens with zero attached hydrogens (tertiary/aromatic N) is 3. The first-order chi connectivity index (χ1) is 14.3. The Labute approximate surface area is 173 Å². The van der Waals surface area contributed by atoms with Crippen LogP contribution in [0.15, 0.2) is 54.6 Å². The van der Waals surface area contributed by atoms with Crippen molar-refractivity contribution in [1.29, 1.82) is 0 Å². The highest BCUT2D eigenvalue weighted by Gasteiger charge is 2.23. The molecule has 1 aromatic heterocycles. The summed E-state index contributed by atoms with van der Waals surface area (Å²) in [6.45, 7) is 5.53. The van der Waals surface area contributed by atoms with Gasteiger partial charge in [0.05, 0.1) is 12.6 Å². The van der Waals surface area contributed by atoms with Crippen LogP contribution in [0.1, 0.15) is 24.1 Å². The first kappa shape index (κ1) is 18.7. The standard InChI is InChI=1S/C25H31N3O/c29-21(18-26-14-16-27(17-15-26)20-8-2-1-3-9-20)19-28-24-12-6-4-10-22(24)23-11-5-7-13-25(23)28/h1-4,6,8-10,12,21,29H,5,7,11,13-19H2. The lowest BCUT2D eigenvalue weighted by Crippen LogP contribution is -2.49. The number of anilines is 1. The minimum atomic E-state index is -0.333. The van der Waals surface area contributed by atoms with Gasteiger partial charge >= 0.3 is 0 Å². The van der Waals surface area contributed by atoms with Crippen molar-refractivity contribution >= 4 is 16.6 Å². The Balaban J connectivity index is 1.25. The Kier molecular flexibility index (Phi) is 5.30. The molecule has 1 atom stereocenters. The monoisotopic (exact) mass is 389 g/mol. The number of rotatable bonds is 5. The predicted octanol–water partition coefficient (Wildman–Crippen LogP) is 3.70. The minimum Gasteiger partial charge on any atom is -0.390 e. The number of aryl methyl sites for hydroxylation is 1. The summed E-state index contributed by atoms with van der Waals surface area (Å²) in [5.74, 6) is 0. The Morgan fingerprint density at radius 1 is 0.793 bits per heavy atom. The van der Waals surface area contributed by atoms with Gasteiger partial charge in [-0.1, -0.05) is 36.4 Å². The van der Waals surface area contributed by atoms with Gasteiger partial charge in [0, 0.05) is 55.0 Å². The van der Waals surface area contributed by atoms with Crippen molar-refractivity contribution < 1.29 is 5.11 Å². The fraction of sp³-hybridized carbons (Fsp3) is 0.440. The van der Waals surface area contributed by atoms with Crippen LogP contribution < -0.4 is 4.90 Å². The van der Waals surface area contributed by atoms with E-state index >= 15 is 0 Å². The lowest BCUT2D eigenvalue weighted by molar-refractivity contribution is 0.0953. The third kappa shape index (κ3) is 3.79. The van der Waals surface area contributed by atoms with Gasteiger partial charge in [-0.05, 0) is 49.4 Å². The molecule has 2 heterocycles. The molecular formula is C25H31N3O. The Hall–Kier alpha value is -2.30. The fourth-order valence-corrected chi connectivity index (χ4v) is 5.19. The van der Waals surface area contributed by atoms with Gasteiger partial charge in [-0.15, -0.1) is 0 Å². The van der Waals surface area contributed by atoms with Crippen LogP contribution in [0.3, 0.4) is 0 Å². The molecule has 1 N–H and O–H groups in total. The Morgan fingerprint density at radius 2 is 1.52 bits per heavy atom. The Morgan fingerprint density at radius 3 is 2.34 bits per heavy atom. The second kappa shape index (κ2) is 8.21. The van der Waals surface area contributed by atoms with E-state index in [1.165, 1.54) is 47.1 Å². The van der Waals surface area contributed by atoms with Crippen molar-refractivity contribution in [3.05, 3.63) is 65.9 Å². The van der Waals surface area contributed by atoms with Crippen molar-refractivity contribution in [2.24, 2.45) is 0 Å².